The van der Waals surface area contributed by atoms with Crippen LogP contribution < -0.4 is 10.2 Å². The summed E-state index contributed by atoms with van der Waals surface area (Å²) in [4.78, 5) is 28.3. The summed E-state index contributed by atoms with van der Waals surface area (Å²) in [6, 6.07) is 14.2. The Morgan fingerprint density at radius 3 is 2.59 bits per heavy atom. The molecule has 2 aliphatic rings. The summed E-state index contributed by atoms with van der Waals surface area (Å²) in [6.45, 7) is 5.75. The molecule has 4 rings (SSSR count). The van der Waals surface area contributed by atoms with Gasteiger partial charge in [-0.25, -0.2) is 0 Å². The summed E-state index contributed by atoms with van der Waals surface area (Å²) >= 11 is 0. The quantitative estimate of drug-likeness (QED) is 0.907. The summed E-state index contributed by atoms with van der Waals surface area (Å²) in [5.74, 6) is 0.00513. The van der Waals surface area contributed by atoms with Gasteiger partial charge < -0.3 is 10.2 Å². The van der Waals surface area contributed by atoms with Crippen LogP contribution in [0.5, 0.6) is 0 Å². The average Bonchev–Trinajstić information content (AvgIpc) is 3.11. The van der Waals surface area contributed by atoms with Crippen LogP contribution in [0.15, 0.2) is 42.5 Å². The van der Waals surface area contributed by atoms with Gasteiger partial charge in [0, 0.05) is 50.9 Å². The minimum atomic E-state index is -0.0449. The lowest BCUT2D eigenvalue weighted by atomic mass is 10.00. The van der Waals surface area contributed by atoms with E-state index < -0.39 is 0 Å². The number of fused-ring (bicyclic) bond motifs is 2. The Morgan fingerprint density at radius 2 is 1.78 bits per heavy atom. The van der Waals surface area contributed by atoms with E-state index in [4.69, 9.17) is 0 Å². The molecule has 0 aromatic heterocycles. The van der Waals surface area contributed by atoms with E-state index in [0.717, 1.165) is 43.7 Å². The molecule has 2 aromatic rings. The van der Waals surface area contributed by atoms with E-state index in [2.05, 4.69) is 34.5 Å². The fraction of sp³-hybridized carbons (Fsp3) is 0.364. The van der Waals surface area contributed by atoms with Crippen LogP contribution in [0.4, 0.5) is 5.69 Å². The molecule has 2 aromatic carbocycles. The first-order chi connectivity index (χ1) is 13.1. The molecule has 2 aliphatic heterocycles. The molecular formula is C22H25N3O2. The third-order valence-electron chi connectivity index (χ3n) is 5.54. The van der Waals surface area contributed by atoms with Crippen molar-refractivity contribution in [1.29, 1.82) is 0 Å². The third-order valence-corrected chi connectivity index (χ3v) is 5.54. The zero-order chi connectivity index (χ0) is 18.8. The lowest BCUT2D eigenvalue weighted by Gasteiger charge is -2.28. The topological polar surface area (TPSA) is 52.7 Å². The standard InChI is InChI=1S/C22H25N3O2/c1-16(26)25-12-9-18-14-19(6-7-21(18)25)22(27)23-10-13-24-11-8-17-4-2-3-5-20(17)15-24/h2-7,14H,8-13,15H2,1H3,(H,23,27). The van der Waals surface area contributed by atoms with E-state index in [-0.39, 0.29) is 11.8 Å². The van der Waals surface area contributed by atoms with Crippen molar-refractivity contribution in [2.75, 3.05) is 31.1 Å². The van der Waals surface area contributed by atoms with Gasteiger partial charge in [0.05, 0.1) is 0 Å². The Labute approximate surface area is 160 Å². The molecule has 5 nitrogen and oxygen atoms in total. The highest BCUT2D eigenvalue weighted by molar-refractivity contribution is 5.97. The first-order valence-corrected chi connectivity index (χ1v) is 9.60. The van der Waals surface area contributed by atoms with Crippen molar-refractivity contribution in [3.05, 3.63) is 64.7 Å². The molecule has 27 heavy (non-hydrogen) atoms. The molecule has 0 radical (unpaired) electrons. The van der Waals surface area contributed by atoms with Crippen LogP contribution in [0.1, 0.15) is 34.0 Å². The van der Waals surface area contributed by atoms with Gasteiger partial charge in [0.15, 0.2) is 0 Å². The van der Waals surface area contributed by atoms with Crippen molar-refractivity contribution in [3.8, 4) is 0 Å². The number of nitrogens with one attached hydrogen (secondary N) is 1. The number of anilines is 1. The van der Waals surface area contributed by atoms with Crippen LogP contribution in [-0.2, 0) is 24.2 Å². The molecule has 0 aliphatic carbocycles. The van der Waals surface area contributed by atoms with Crippen molar-refractivity contribution in [2.45, 2.75) is 26.3 Å². The number of nitrogens with zero attached hydrogens (tertiary/aromatic N) is 2. The Hall–Kier alpha value is -2.66. The average molecular weight is 363 g/mol. The molecule has 0 atom stereocenters. The number of benzene rings is 2. The van der Waals surface area contributed by atoms with Gasteiger partial charge in [-0.05, 0) is 47.7 Å². The van der Waals surface area contributed by atoms with Crippen molar-refractivity contribution < 1.29 is 9.59 Å². The van der Waals surface area contributed by atoms with Crippen LogP contribution in [-0.4, -0.2) is 42.9 Å². The maximum absolute atomic E-state index is 12.5. The zero-order valence-corrected chi connectivity index (χ0v) is 15.7. The number of hydrogen-bond acceptors (Lipinski definition) is 3. The molecule has 0 saturated carbocycles. The van der Waals surface area contributed by atoms with Crippen molar-refractivity contribution >= 4 is 17.5 Å². The maximum atomic E-state index is 12.5. The highest BCUT2D eigenvalue weighted by Gasteiger charge is 2.23. The second kappa shape index (κ2) is 7.53. The van der Waals surface area contributed by atoms with Gasteiger partial charge in [-0.2, -0.15) is 0 Å². The summed E-state index contributed by atoms with van der Waals surface area (Å²) < 4.78 is 0. The van der Waals surface area contributed by atoms with E-state index in [0.29, 0.717) is 18.7 Å². The molecule has 2 heterocycles. The van der Waals surface area contributed by atoms with Crippen LogP contribution in [0, 0.1) is 0 Å². The van der Waals surface area contributed by atoms with Gasteiger partial charge in [0.2, 0.25) is 5.91 Å². The van der Waals surface area contributed by atoms with Crippen LogP contribution in [0.2, 0.25) is 0 Å². The highest BCUT2D eigenvalue weighted by Crippen LogP contribution is 2.28. The maximum Gasteiger partial charge on any atom is 0.251 e. The second-order valence-electron chi connectivity index (χ2n) is 7.31. The fourth-order valence-electron chi connectivity index (χ4n) is 4.04. The zero-order valence-electron chi connectivity index (χ0n) is 15.7. The van der Waals surface area contributed by atoms with Crippen molar-refractivity contribution in [2.24, 2.45) is 0 Å². The van der Waals surface area contributed by atoms with E-state index in [1.54, 1.807) is 11.8 Å². The van der Waals surface area contributed by atoms with E-state index in [1.807, 2.05) is 18.2 Å². The summed E-state index contributed by atoms with van der Waals surface area (Å²) in [6.07, 6.45) is 1.88. The third kappa shape index (κ3) is 3.74. The van der Waals surface area contributed by atoms with E-state index >= 15 is 0 Å². The molecule has 0 fully saturated rings. The molecule has 2 amide bonds. The van der Waals surface area contributed by atoms with E-state index in [1.165, 1.54) is 11.1 Å². The molecule has 5 heteroatoms. The van der Waals surface area contributed by atoms with Gasteiger partial charge in [-0.15, -0.1) is 0 Å². The smallest absolute Gasteiger partial charge is 0.251 e. The molecule has 0 saturated heterocycles. The Kier molecular flexibility index (Phi) is 4.94. The number of amides is 2. The first-order valence-electron chi connectivity index (χ1n) is 9.60. The minimum Gasteiger partial charge on any atom is -0.351 e. The van der Waals surface area contributed by atoms with E-state index in [9.17, 15) is 9.59 Å². The summed E-state index contributed by atoms with van der Waals surface area (Å²) in [5, 5.41) is 3.03. The number of carbonyl (C=O) groups is 2. The molecule has 0 spiro atoms. The SMILES string of the molecule is CC(=O)N1CCc2cc(C(=O)NCCN3CCc4ccccc4C3)ccc21. The Bertz CT molecular complexity index is 878. The summed E-state index contributed by atoms with van der Waals surface area (Å²) in [5.41, 5.74) is 5.51. The molecular weight excluding hydrogens is 338 g/mol. The van der Waals surface area contributed by atoms with Crippen LogP contribution in [0.25, 0.3) is 0 Å². The predicted molar refractivity (Wildman–Crippen MR) is 106 cm³/mol. The molecule has 0 unspecified atom stereocenters. The monoisotopic (exact) mass is 363 g/mol. The van der Waals surface area contributed by atoms with Gasteiger partial charge in [0.25, 0.3) is 5.91 Å². The number of rotatable bonds is 4. The predicted octanol–water partition coefficient (Wildman–Crippen LogP) is 2.38. The van der Waals surface area contributed by atoms with Crippen molar-refractivity contribution in [3.63, 3.8) is 0 Å². The lowest BCUT2D eigenvalue weighted by Crippen LogP contribution is -2.37. The van der Waals surface area contributed by atoms with Gasteiger partial charge in [0.1, 0.15) is 0 Å². The largest absolute Gasteiger partial charge is 0.351 e. The van der Waals surface area contributed by atoms with Crippen molar-refractivity contribution in [1.82, 2.24) is 10.2 Å². The van der Waals surface area contributed by atoms with Gasteiger partial charge >= 0.3 is 0 Å². The fourth-order valence-corrected chi connectivity index (χ4v) is 4.04. The Balaban J connectivity index is 1.31. The second-order valence-corrected chi connectivity index (χ2v) is 7.31. The molecule has 140 valence electrons. The summed E-state index contributed by atoms with van der Waals surface area (Å²) in [7, 11) is 0. The number of hydrogen-bond donors (Lipinski definition) is 1. The lowest BCUT2D eigenvalue weighted by molar-refractivity contribution is -0.116. The minimum absolute atomic E-state index is 0.0449. The normalized spacial score (nSPS) is 16.0. The number of carbonyl (C=O) groups excluding carboxylic acids is 2. The van der Waals surface area contributed by atoms with Crippen LogP contribution in [0.3, 0.4) is 0 Å². The van der Waals surface area contributed by atoms with Gasteiger partial charge in [-0.1, -0.05) is 24.3 Å². The Morgan fingerprint density at radius 1 is 1.00 bits per heavy atom. The van der Waals surface area contributed by atoms with Crippen LogP contribution >= 0.6 is 0 Å². The molecule has 0 bridgehead atoms. The van der Waals surface area contributed by atoms with Gasteiger partial charge in [-0.3, -0.25) is 14.5 Å². The first kappa shape index (κ1) is 17.7. The highest BCUT2D eigenvalue weighted by atomic mass is 16.2. The molecule has 1 N–H and O–H groups in total.